The number of carbonyl (C=O) groups is 2. The monoisotopic (exact) mass is 414 g/mol. The number of piperidine rings is 2. The van der Waals surface area contributed by atoms with Crippen LogP contribution in [0.4, 0.5) is 4.79 Å². The molecule has 6 nitrogen and oxygen atoms in total. The third kappa shape index (κ3) is 6.73. The number of benzene rings is 1. The highest BCUT2D eigenvalue weighted by molar-refractivity contribution is 5.79. The predicted molar refractivity (Wildman–Crippen MR) is 120 cm³/mol. The van der Waals surface area contributed by atoms with Gasteiger partial charge in [-0.15, -0.1) is 0 Å². The van der Waals surface area contributed by atoms with Crippen molar-refractivity contribution < 1.29 is 9.59 Å². The van der Waals surface area contributed by atoms with Gasteiger partial charge in [0.1, 0.15) is 0 Å². The van der Waals surface area contributed by atoms with Crippen molar-refractivity contribution in [3.05, 3.63) is 35.9 Å². The number of rotatable bonds is 5. The molecule has 30 heavy (non-hydrogen) atoms. The van der Waals surface area contributed by atoms with Gasteiger partial charge in [0, 0.05) is 37.8 Å². The molecule has 6 heteroatoms. The zero-order valence-electron chi connectivity index (χ0n) is 18.8. The summed E-state index contributed by atoms with van der Waals surface area (Å²) in [6.07, 6.45) is 4.89. The van der Waals surface area contributed by atoms with Crippen molar-refractivity contribution in [1.29, 1.82) is 0 Å². The summed E-state index contributed by atoms with van der Waals surface area (Å²) in [7, 11) is 0. The molecule has 2 N–H and O–H groups in total. The Morgan fingerprint density at radius 3 is 2.40 bits per heavy atom. The molecule has 0 aliphatic carbocycles. The molecule has 0 bridgehead atoms. The van der Waals surface area contributed by atoms with Crippen LogP contribution in [0, 0.1) is 5.92 Å². The van der Waals surface area contributed by atoms with E-state index in [0.717, 1.165) is 58.3 Å². The lowest BCUT2D eigenvalue weighted by atomic mass is 9.93. The first-order valence-corrected chi connectivity index (χ1v) is 11.4. The molecule has 2 aliphatic heterocycles. The summed E-state index contributed by atoms with van der Waals surface area (Å²) >= 11 is 0. The fourth-order valence-electron chi connectivity index (χ4n) is 4.51. The zero-order chi connectivity index (χ0) is 21.6. The van der Waals surface area contributed by atoms with Crippen LogP contribution in [0.15, 0.2) is 30.3 Å². The summed E-state index contributed by atoms with van der Waals surface area (Å²) in [5.41, 5.74) is 1.05. The zero-order valence-corrected chi connectivity index (χ0v) is 18.8. The largest absolute Gasteiger partial charge is 0.355 e. The number of hydrogen-bond acceptors (Lipinski definition) is 3. The van der Waals surface area contributed by atoms with Gasteiger partial charge in [-0.3, -0.25) is 9.69 Å². The van der Waals surface area contributed by atoms with Gasteiger partial charge in [-0.1, -0.05) is 30.3 Å². The van der Waals surface area contributed by atoms with E-state index in [2.05, 4.69) is 27.7 Å². The van der Waals surface area contributed by atoms with Crippen molar-refractivity contribution >= 4 is 11.9 Å². The van der Waals surface area contributed by atoms with Crippen LogP contribution >= 0.6 is 0 Å². The van der Waals surface area contributed by atoms with E-state index >= 15 is 0 Å². The van der Waals surface area contributed by atoms with Crippen LogP contribution in [0.2, 0.25) is 0 Å². The highest BCUT2D eigenvalue weighted by atomic mass is 16.2. The minimum absolute atomic E-state index is 0.0373. The highest BCUT2D eigenvalue weighted by Crippen LogP contribution is 2.24. The van der Waals surface area contributed by atoms with Crippen LogP contribution in [0.5, 0.6) is 0 Å². The first-order chi connectivity index (χ1) is 14.3. The van der Waals surface area contributed by atoms with Crippen LogP contribution in [-0.4, -0.2) is 66.0 Å². The van der Waals surface area contributed by atoms with Gasteiger partial charge in [-0.05, 0) is 65.0 Å². The Labute approximate surface area is 181 Å². The van der Waals surface area contributed by atoms with Gasteiger partial charge in [0.15, 0.2) is 0 Å². The fourth-order valence-corrected chi connectivity index (χ4v) is 4.51. The quantitative estimate of drug-likeness (QED) is 0.778. The van der Waals surface area contributed by atoms with E-state index in [1.807, 2.05) is 43.9 Å². The first kappa shape index (κ1) is 22.6. The molecule has 2 heterocycles. The summed E-state index contributed by atoms with van der Waals surface area (Å²) in [6, 6.07) is 10.8. The average Bonchev–Trinajstić information content (AvgIpc) is 2.73. The number of nitrogens with one attached hydrogen (secondary N) is 2. The summed E-state index contributed by atoms with van der Waals surface area (Å²) in [6.45, 7) is 10.2. The number of carbonyl (C=O) groups excluding carboxylic acids is 2. The Bertz CT molecular complexity index is 693. The van der Waals surface area contributed by atoms with Crippen molar-refractivity contribution in [3.63, 3.8) is 0 Å². The lowest BCUT2D eigenvalue weighted by Crippen LogP contribution is -2.54. The third-order valence-corrected chi connectivity index (χ3v) is 6.13. The predicted octanol–water partition coefficient (Wildman–Crippen LogP) is 3.03. The molecule has 166 valence electrons. The number of urea groups is 1. The Morgan fingerprint density at radius 1 is 1.03 bits per heavy atom. The van der Waals surface area contributed by atoms with Gasteiger partial charge in [0.25, 0.3) is 0 Å². The summed E-state index contributed by atoms with van der Waals surface area (Å²) < 4.78 is 0. The van der Waals surface area contributed by atoms with Crippen molar-refractivity contribution in [3.8, 4) is 0 Å². The normalized spacial score (nSPS) is 21.3. The second kappa shape index (κ2) is 10.3. The Hall–Kier alpha value is -2.08. The van der Waals surface area contributed by atoms with E-state index in [4.69, 9.17) is 0 Å². The Morgan fingerprint density at radius 2 is 1.73 bits per heavy atom. The van der Waals surface area contributed by atoms with E-state index in [1.165, 1.54) is 5.56 Å². The Balaban J connectivity index is 1.41. The molecule has 2 saturated heterocycles. The molecule has 2 aliphatic rings. The molecule has 0 aromatic heterocycles. The average molecular weight is 415 g/mol. The maximum absolute atomic E-state index is 12.7. The molecule has 0 saturated carbocycles. The summed E-state index contributed by atoms with van der Waals surface area (Å²) in [4.78, 5) is 29.5. The van der Waals surface area contributed by atoms with Gasteiger partial charge >= 0.3 is 6.03 Å². The second-order valence-electron chi connectivity index (χ2n) is 9.76. The maximum Gasteiger partial charge on any atom is 0.317 e. The maximum atomic E-state index is 12.7. The number of amides is 3. The van der Waals surface area contributed by atoms with Crippen molar-refractivity contribution in [2.24, 2.45) is 5.92 Å². The van der Waals surface area contributed by atoms with Gasteiger partial charge in [0.05, 0.1) is 5.92 Å². The van der Waals surface area contributed by atoms with Crippen LogP contribution in [0.25, 0.3) is 0 Å². The fraction of sp³-hybridized carbons (Fsp3) is 0.667. The number of hydrogen-bond donors (Lipinski definition) is 2. The van der Waals surface area contributed by atoms with Crippen LogP contribution in [-0.2, 0) is 11.2 Å². The first-order valence-electron chi connectivity index (χ1n) is 11.4. The molecule has 0 radical (unpaired) electrons. The third-order valence-electron chi connectivity index (χ3n) is 6.13. The SMILES string of the molecule is CC(C)(C)NC(=O)N1CCC(N2CCC[C@@H](C(=O)NCCc3ccccc3)C2)CC1. The molecule has 1 aromatic carbocycles. The highest BCUT2D eigenvalue weighted by Gasteiger charge is 2.32. The molecule has 0 spiro atoms. The molecule has 3 rings (SSSR count). The molecule has 1 atom stereocenters. The minimum Gasteiger partial charge on any atom is -0.355 e. The summed E-state index contributed by atoms with van der Waals surface area (Å²) in [5, 5.41) is 6.20. The Kier molecular flexibility index (Phi) is 7.75. The topological polar surface area (TPSA) is 64.7 Å². The second-order valence-corrected chi connectivity index (χ2v) is 9.76. The van der Waals surface area contributed by atoms with Gasteiger partial charge < -0.3 is 15.5 Å². The minimum atomic E-state index is -0.206. The molecule has 3 amide bonds. The molecule has 0 unspecified atom stereocenters. The van der Waals surface area contributed by atoms with Gasteiger partial charge in [0.2, 0.25) is 5.91 Å². The van der Waals surface area contributed by atoms with Crippen molar-refractivity contribution in [2.75, 3.05) is 32.7 Å². The van der Waals surface area contributed by atoms with E-state index in [-0.39, 0.29) is 23.4 Å². The van der Waals surface area contributed by atoms with E-state index in [9.17, 15) is 9.59 Å². The van der Waals surface area contributed by atoms with Crippen LogP contribution in [0.3, 0.4) is 0 Å². The van der Waals surface area contributed by atoms with Crippen molar-refractivity contribution in [1.82, 2.24) is 20.4 Å². The lowest BCUT2D eigenvalue weighted by Gasteiger charge is -2.42. The van der Waals surface area contributed by atoms with Crippen LogP contribution in [0.1, 0.15) is 52.0 Å². The van der Waals surface area contributed by atoms with Crippen molar-refractivity contribution in [2.45, 2.75) is 64.5 Å². The van der Waals surface area contributed by atoms with Gasteiger partial charge in [-0.2, -0.15) is 0 Å². The summed E-state index contributed by atoms with van der Waals surface area (Å²) in [5.74, 6) is 0.273. The van der Waals surface area contributed by atoms with E-state index < -0.39 is 0 Å². The van der Waals surface area contributed by atoms with Gasteiger partial charge in [-0.25, -0.2) is 4.79 Å². The lowest BCUT2D eigenvalue weighted by molar-refractivity contribution is -0.127. The van der Waals surface area contributed by atoms with E-state index in [0.29, 0.717) is 12.6 Å². The molecular formula is C24H38N4O2. The number of likely N-dealkylation sites (tertiary alicyclic amines) is 2. The standard InChI is InChI=1S/C24H38N4O2/c1-24(2,3)26-23(30)27-16-12-21(13-17-27)28-15-7-10-20(18-28)22(29)25-14-11-19-8-5-4-6-9-19/h4-6,8-9,20-21H,7,10-18H2,1-3H3,(H,25,29)(H,26,30)/t20-/m1/s1. The molecule has 2 fully saturated rings. The number of nitrogens with zero attached hydrogens (tertiary/aromatic N) is 2. The molecular weight excluding hydrogens is 376 g/mol. The van der Waals surface area contributed by atoms with E-state index in [1.54, 1.807) is 0 Å². The molecule has 1 aromatic rings. The smallest absolute Gasteiger partial charge is 0.317 e. The van der Waals surface area contributed by atoms with Crippen LogP contribution < -0.4 is 10.6 Å².